The average molecular weight is 183 g/mol. The second kappa shape index (κ2) is 2.90. The first kappa shape index (κ1) is 8.34. The zero-order chi connectivity index (χ0) is 9.42. The molecule has 0 aromatic rings. The zero-order valence-electron chi connectivity index (χ0n) is 7.32. The second-order valence-corrected chi connectivity index (χ2v) is 3.62. The van der Waals surface area contributed by atoms with Gasteiger partial charge < -0.3 is 16.0 Å². The van der Waals surface area contributed by atoms with E-state index in [9.17, 15) is 9.59 Å². The highest BCUT2D eigenvalue weighted by Gasteiger charge is 2.37. The Morgan fingerprint density at radius 3 is 2.38 bits per heavy atom. The van der Waals surface area contributed by atoms with Gasteiger partial charge in [0.2, 0.25) is 5.91 Å². The van der Waals surface area contributed by atoms with Crippen LogP contribution in [0, 0.1) is 0 Å². The Bertz CT molecular complexity index is 250. The van der Waals surface area contributed by atoms with Gasteiger partial charge in [-0.05, 0) is 19.3 Å². The van der Waals surface area contributed by atoms with Crippen molar-refractivity contribution in [2.24, 2.45) is 5.73 Å². The van der Waals surface area contributed by atoms with Gasteiger partial charge in [0.15, 0.2) is 0 Å². The molecule has 2 fully saturated rings. The number of rotatable bonds is 2. The van der Waals surface area contributed by atoms with Crippen molar-refractivity contribution in [3.05, 3.63) is 0 Å². The summed E-state index contributed by atoms with van der Waals surface area (Å²) >= 11 is 0. The fourth-order valence-corrected chi connectivity index (χ4v) is 1.41. The van der Waals surface area contributed by atoms with E-state index < -0.39 is 5.91 Å². The number of urea groups is 1. The van der Waals surface area contributed by atoms with E-state index in [1.54, 1.807) is 0 Å². The Hall–Kier alpha value is -1.26. The van der Waals surface area contributed by atoms with Gasteiger partial charge in [0.25, 0.3) is 0 Å². The molecule has 1 aliphatic carbocycles. The summed E-state index contributed by atoms with van der Waals surface area (Å²) in [6, 6.07) is -0.182. The number of amides is 3. The predicted molar refractivity (Wildman–Crippen MR) is 45.9 cm³/mol. The van der Waals surface area contributed by atoms with Crippen molar-refractivity contribution in [3.8, 4) is 0 Å². The first-order chi connectivity index (χ1) is 6.18. The van der Waals surface area contributed by atoms with E-state index in [0.717, 1.165) is 12.8 Å². The van der Waals surface area contributed by atoms with Crippen LogP contribution < -0.4 is 11.1 Å². The van der Waals surface area contributed by atoms with Gasteiger partial charge in [0.05, 0.1) is 0 Å². The smallest absolute Gasteiger partial charge is 0.318 e. The first-order valence-electron chi connectivity index (χ1n) is 4.55. The quantitative estimate of drug-likeness (QED) is 0.601. The molecular formula is C8H13N3O2. The van der Waals surface area contributed by atoms with Crippen LogP contribution in [-0.2, 0) is 4.79 Å². The van der Waals surface area contributed by atoms with Gasteiger partial charge in [-0.3, -0.25) is 4.79 Å². The minimum atomic E-state index is -0.405. The van der Waals surface area contributed by atoms with E-state index in [1.165, 1.54) is 4.90 Å². The summed E-state index contributed by atoms with van der Waals surface area (Å²) < 4.78 is 0. The number of carbonyl (C=O) groups is 2. The maximum atomic E-state index is 11.4. The summed E-state index contributed by atoms with van der Waals surface area (Å²) in [6.45, 7) is 0.645. The first-order valence-corrected chi connectivity index (χ1v) is 4.55. The van der Waals surface area contributed by atoms with E-state index in [-0.39, 0.29) is 12.1 Å². The number of carbonyl (C=O) groups excluding carboxylic acids is 2. The van der Waals surface area contributed by atoms with Crippen molar-refractivity contribution in [2.75, 3.05) is 6.54 Å². The van der Waals surface area contributed by atoms with Crippen molar-refractivity contribution in [1.29, 1.82) is 0 Å². The number of hydrogen-bond donors (Lipinski definition) is 2. The van der Waals surface area contributed by atoms with Crippen LogP contribution in [0.15, 0.2) is 0 Å². The summed E-state index contributed by atoms with van der Waals surface area (Å²) in [4.78, 5) is 23.7. The Kier molecular flexibility index (Phi) is 1.86. The number of likely N-dealkylation sites (tertiary alicyclic amines) is 1. The molecule has 5 nitrogen and oxygen atoms in total. The molecule has 0 bridgehead atoms. The standard InChI is InChI=1S/C8H13N3O2/c9-7(12)6-3-4-11(6)8(13)10-5-1-2-5/h5-6H,1-4H2,(H2,9,12)(H,10,13). The summed E-state index contributed by atoms with van der Waals surface area (Å²) in [5.41, 5.74) is 5.11. The third-order valence-corrected chi connectivity index (χ3v) is 2.51. The number of nitrogens with two attached hydrogens (primary N) is 1. The lowest BCUT2D eigenvalue weighted by atomic mass is 10.0. The van der Waals surface area contributed by atoms with E-state index >= 15 is 0 Å². The van der Waals surface area contributed by atoms with E-state index in [0.29, 0.717) is 19.0 Å². The SMILES string of the molecule is NC(=O)C1CCN1C(=O)NC1CC1. The largest absolute Gasteiger partial charge is 0.368 e. The highest BCUT2D eigenvalue weighted by Crippen LogP contribution is 2.22. The fraction of sp³-hybridized carbons (Fsp3) is 0.750. The Morgan fingerprint density at radius 1 is 1.31 bits per heavy atom. The molecule has 13 heavy (non-hydrogen) atoms. The van der Waals surface area contributed by atoms with Crippen molar-refractivity contribution >= 4 is 11.9 Å². The van der Waals surface area contributed by atoms with Gasteiger partial charge in [-0.15, -0.1) is 0 Å². The van der Waals surface area contributed by atoms with Crippen LogP contribution in [0.5, 0.6) is 0 Å². The minimum absolute atomic E-state index is 0.141. The molecule has 1 atom stereocenters. The highest BCUT2D eigenvalue weighted by atomic mass is 16.2. The van der Waals surface area contributed by atoms with Gasteiger partial charge in [-0.2, -0.15) is 0 Å². The van der Waals surface area contributed by atoms with Gasteiger partial charge in [-0.25, -0.2) is 4.79 Å². The predicted octanol–water partition coefficient (Wildman–Crippen LogP) is -0.582. The summed E-state index contributed by atoms with van der Waals surface area (Å²) in [5, 5.41) is 2.82. The van der Waals surface area contributed by atoms with E-state index in [2.05, 4.69) is 5.32 Å². The molecule has 72 valence electrons. The average Bonchev–Trinajstić information content (AvgIpc) is 2.66. The molecule has 0 aromatic heterocycles. The van der Waals surface area contributed by atoms with Crippen LogP contribution in [0.25, 0.3) is 0 Å². The van der Waals surface area contributed by atoms with Crippen LogP contribution in [-0.4, -0.2) is 35.5 Å². The molecule has 3 N–H and O–H groups in total. The maximum Gasteiger partial charge on any atom is 0.318 e. The topological polar surface area (TPSA) is 75.4 Å². The molecule has 5 heteroatoms. The molecule has 0 spiro atoms. The third-order valence-electron chi connectivity index (χ3n) is 2.51. The lowest BCUT2D eigenvalue weighted by molar-refractivity contribution is -0.125. The van der Waals surface area contributed by atoms with Crippen molar-refractivity contribution in [3.63, 3.8) is 0 Å². The minimum Gasteiger partial charge on any atom is -0.368 e. The summed E-state index contributed by atoms with van der Waals surface area (Å²) in [6.07, 6.45) is 2.81. The lowest BCUT2D eigenvalue weighted by Crippen LogP contribution is -2.60. The molecule has 2 aliphatic rings. The van der Waals surface area contributed by atoms with Crippen molar-refractivity contribution in [1.82, 2.24) is 10.2 Å². The van der Waals surface area contributed by atoms with Gasteiger partial charge in [-0.1, -0.05) is 0 Å². The Balaban J connectivity index is 1.85. The molecule has 1 saturated heterocycles. The molecule has 1 aliphatic heterocycles. The fourth-order valence-electron chi connectivity index (χ4n) is 1.41. The normalized spacial score (nSPS) is 26.5. The molecule has 0 radical (unpaired) electrons. The Morgan fingerprint density at radius 2 is 2.00 bits per heavy atom. The van der Waals surface area contributed by atoms with E-state index in [1.807, 2.05) is 0 Å². The van der Waals surface area contributed by atoms with Crippen LogP contribution in [0.1, 0.15) is 19.3 Å². The monoisotopic (exact) mass is 183 g/mol. The number of nitrogens with zero attached hydrogens (tertiary/aromatic N) is 1. The Labute approximate surface area is 76.3 Å². The highest BCUT2D eigenvalue weighted by molar-refractivity contribution is 5.87. The maximum absolute atomic E-state index is 11.4. The zero-order valence-corrected chi connectivity index (χ0v) is 7.32. The summed E-state index contributed by atoms with van der Waals surface area (Å²) in [7, 11) is 0. The van der Waals surface area contributed by atoms with Crippen molar-refractivity contribution in [2.45, 2.75) is 31.3 Å². The van der Waals surface area contributed by atoms with Crippen LogP contribution >= 0.6 is 0 Å². The van der Waals surface area contributed by atoms with Crippen LogP contribution in [0.2, 0.25) is 0 Å². The van der Waals surface area contributed by atoms with E-state index in [4.69, 9.17) is 5.73 Å². The molecule has 1 heterocycles. The van der Waals surface area contributed by atoms with Crippen molar-refractivity contribution < 1.29 is 9.59 Å². The number of nitrogens with one attached hydrogen (secondary N) is 1. The lowest BCUT2D eigenvalue weighted by Gasteiger charge is -2.38. The molecule has 1 saturated carbocycles. The van der Waals surface area contributed by atoms with Crippen LogP contribution in [0.3, 0.4) is 0 Å². The van der Waals surface area contributed by atoms with Crippen LogP contribution in [0.4, 0.5) is 4.79 Å². The van der Waals surface area contributed by atoms with Gasteiger partial charge in [0.1, 0.15) is 6.04 Å². The second-order valence-electron chi connectivity index (χ2n) is 3.62. The third kappa shape index (κ3) is 1.59. The van der Waals surface area contributed by atoms with Gasteiger partial charge in [0, 0.05) is 12.6 Å². The summed E-state index contributed by atoms with van der Waals surface area (Å²) in [5.74, 6) is -0.405. The molecule has 1 unspecified atom stereocenters. The molecular weight excluding hydrogens is 170 g/mol. The molecule has 2 rings (SSSR count). The number of primary amides is 1. The number of hydrogen-bond acceptors (Lipinski definition) is 2. The van der Waals surface area contributed by atoms with Gasteiger partial charge >= 0.3 is 6.03 Å². The molecule has 0 aromatic carbocycles. The molecule has 3 amide bonds.